The van der Waals surface area contributed by atoms with Crippen LogP contribution in [0.15, 0.2) is 48.5 Å². The first-order valence-corrected chi connectivity index (χ1v) is 13.2. The number of carbonyl (C=O) groups is 3. The maximum atomic E-state index is 13.6. The van der Waals surface area contributed by atoms with Crippen molar-refractivity contribution in [2.24, 2.45) is 5.73 Å². The van der Waals surface area contributed by atoms with E-state index >= 15 is 0 Å². The molecule has 3 atom stereocenters. The molecule has 2 amide bonds. The van der Waals surface area contributed by atoms with Crippen molar-refractivity contribution >= 4 is 17.8 Å². The molecule has 4 N–H and O–H groups in total. The van der Waals surface area contributed by atoms with Crippen molar-refractivity contribution in [2.75, 3.05) is 13.2 Å². The quantitative estimate of drug-likeness (QED) is 0.506. The van der Waals surface area contributed by atoms with E-state index in [-0.39, 0.29) is 19.3 Å². The Hall–Kier alpha value is -3.47. The van der Waals surface area contributed by atoms with Crippen LogP contribution in [0.2, 0.25) is 0 Å². The second kappa shape index (κ2) is 12.6. The lowest BCUT2D eigenvalue weighted by Gasteiger charge is -2.30. The molecule has 0 radical (unpaired) electrons. The molecule has 10 nitrogen and oxygen atoms in total. The summed E-state index contributed by atoms with van der Waals surface area (Å²) in [5.41, 5.74) is 7.04. The van der Waals surface area contributed by atoms with E-state index in [9.17, 15) is 14.4 Å². The molecule has 1 fully saturated rings. The summed E-state index contributed by atoms with van der Waals surface area (Å²) < 4.78 is 22.9. The van der Waals surface area contributed by atoms with Crippen LogP contribution in [0, 0.1) is 0 Å². The third-order valence-corrected chi connectivity index (χ3v) is 6.23. The maximum Gasteiger partial charge on any atom is 0.329 e. The molecular formula is C29H37N3O7. The summed E-state index contributed by atoms with van der Waals surface area (Å²) in [5, 5.41) is 5.54. The van der Waals surface area contributed by atoms with Gasteiger partial charge in [-0.15, -0.1) is 0 Å². The van der Waals surface area contributed by atoms with Crippen LogP contribution in [0.3, 0.4) is 0 Å². The van der Waals surface area contributed by atoms with Gasteiger partial charge < -0.3 is 35.3 Å². The predicted molar refractivity (Wildman–Crippen MR) is 143 cm³/mol. The molecule has 210 valence electrons. The minimum atomic E-state index is -1.05. The molecule has 0 aromatic heterocycles. The first-order valence-electron chi connectivity index (χ1n) is 13.2. The van der Waals surface area contributed by atoms with Crippen molar-refractivity contribution in [1.29, 1.82) is 0 Å². The molecule has 2 heterocycles. The monoisotopic (exact) mass is 539 g/mol. The Morgan fingerprint density at radius 1 is 0.949 bits per heavy atom. The van der Waals surface area contributed by atoms with E-state index in [1.54, 1.807) is 26.8 Å². The average Bonchev–Trinajstić information content (AvgIpc) is 2.87. The van der Waals surface area contributed by atoms with Crippen LogP contribution in [0.5, 0.6) is 11.5 Å². The number of hydrogen-bond acceptors (Lipinski definition) is 8. The highest BCUT2D eigenvalue weighted by molar-refractivity contribution is 5.92. The topological polar surface area (TPSA) is 138 Å². The van der Waals surface area contributed by atoms with Gasteiger partial charge in [0.25, 0.3) is 0 Å². The van der Waals surface area contributed by atoms with Crippen LogP contribution in [-0.4, -0.2) is 61.0 Å². The lowest BCUT2D eigenvalue weighted by Crippen LogP contribution is -2.56. The van der Waals surface area contributed by atoms with E-state index in [0.717, 1.165) is 17.5 Å². The Labute approximate surface area is 228 Å². The summed E-state index contributed by atoms with van der Waals surface area (Å²) in [7, 11) is 0. The number of benzene rings is 2. The van der Waals surface area contributed by atoms with E-state index in [1.165, 1.54) is 0 Å². The van der Waals surface area contributed by atoms with Gasteiger partial charge in [-0.2, -0.15) is 0 Å². The van der Waals surface area contributed by atoms with Gasteiger partial charge >= 0.3 is 5.97 Å². The third-order valence-electron chi connectivity index (χ3n) is 6.23. The number of rotatable bonds is 3. The molecule has 2 aliphatic rings. The molecule has 2 aromatic carbocycles. The van der Waals surface area contributed by atoms with Crippen molar-refractivity contribution in [2.45, 2.75) is 76.5 Å². The van der Waals surface area contributed by atoms with Crippen LogP contribution < -0.4 is 21.1 Å². The molecule has 2 aromatic rings. The smallest absolute Gasteiger partial charge is 0.329 e. The molecule has 4 bridgehead atoms. The SMILES string of the molecule is CC(C)(C)OC(=O)C1Cc2cccc(c2)Oc2cccc(c2)C[C@H](N)C(=O)N[C@@H](CC2OCCCO2)C(=O)N1. The van der Waals surface area contributed by atoms with Gasteiger partial charge in [-0.1, -0.05) is 24.3 Å². The zero-order chi connectivity index (χ0) is 28.0. The van der Waals surface area contributed by atoms with Gasteiger partial charge in [0.05, 0.1) is 19.3 Å². The van der Waals surface area contributed by atoms with Crippen molar-refractivity contribution in [3.63, 3.8) is 0 Å². The summed E-state index contributed by atoms with van der Waals surface area (Å²) in [6, 6.07) is 11.6. The summed E-state index contributed by atoms with van der Waals surface area (Å²) in [5.74, 6) is -0.514. The fraction of sp³-hybridized carbons (Fsp3) is 0.483. The number of amides is 2. The molecule has 1 unspecified atom stereocenters. The molecule has 0 spiro atoms. The van der Waals surface area contributed by atoms with Crippen molar-refractivity contribution in [3.05, 3.63) is 59.7 Å². The van der Waals surface area contributed by atoms with Gasteiger partial charge in [0.15, 0.2) is 6.29 Å². The Morgan fingerprint density at radius 3 is 2.18 bits per heavy atom. The Morgan fingerprint density at radius 2 is 1.56 bits per heavy atom. The van der Waals surface area contributed by atoms with Crippen LogP contribution in [0.1, 0.15) is 44.7 Å². The molecule has 39 heavy (non-hydrogen) atoms. The third kappa shape index (κ3) is 8.51. The number of esters is 1. The Bertz CT molecular complexity index is 1170. The highest BCUT2D eigenvalue weighted by atomic mass is 16.7. The van der Waals surface area contributed by atoms with Crippen LogP contribution in [-0.2, 0) is 41.4 Å². The average molecular weight is 540 g/mol. The lowest BCUT2D eigenvalue weighted by molar-refractivity contribution is -0.185. The predicted octanol–water partition coefficient (Wildman–Crippen LogP) is 2.37. The van der Waals surface area contributed by atoms with E-state index in [2.05, 4.69) is 10.6 Å². The number of ether oxygens (including phenoxy) is 4. The van der Waals surface area contributed by atoms with Crippen LogP contribution >= 0.6 is 0 Å². The normalized spacial score (nSPS) is 23.2. The largest absolute Gasteiger partial charge is 0.458 e. The first kappa shape index (κ1) is 28.5. The second-order valence-electron chi connectivity index (χ2n) is 10.8. The highest BCUT2D eigenvalue weighted by Gasteiger charge is 2.33. The Balaban J connectivity index is 1.68. The van der Waals surface area contributed by atoms with E-state index < -0.39 is 47.8 Å². The second-order valence-corrected chi connectivity index (χ2v) is 10.8. The molecule has 1 saturated heterocycles. The number of hydrogen-bond donors (Lipinski definition) is 3. The van der Waals surface area contributed by atoms with Crippen LogP contribution in [0.4, 0.5) is 0 Å². The molecule has 0 aliphatic carbocycles. The van der Waals surface area contributed by atoms with E-state index in [1.807, 2.05) is 42.5 Å². The lowest BCUT2D eigenvalue weighted by atomic mass is 10.0. The number of fused-ring (bicyclic) bond motifs is 4. The maximum absolute atomic E-state index is 13.6. The zero-order valence-corrected chi connectivity index (χ0v) is 22.6. The first-order chi connectivity index (χ1) is 18.6. The summed E-state index contributed by atoms with van der Waals surface area (Å²) in [6.45, 7) is 6.25. The zero-order valence-electron chi connectivity index (χ0n) is 22.6. The summed E-state index contributed by atoms with van der Waals surface area (Å²) in [4.78, 5) is 39.9. The molecule has 10 heteroatoms. The van der Waals surface area contributed by atoms with Crippen molar-refractivity contribution in [3.8, 4) is 11.5 Å². The minimum absolute atomic E-state index is 0.0597. The Kier molecular flexibility index (Phi) is 9.21. The molecule has 2 aliphatic heterocycles. The fourth-order valence-corrected chi connectivity index (χ4v) is 4.40. The molecule has 0 saturated carbocycles. The van der Waals surface area contributed by atoms with Crippen molar-refractivity contribution in [1.82, 2.24) is 10.6 Å². The van der Waals surface area contributed by atoms with Gasteiger partial charge in [0.1, 0.15) is 29.2 Å². The number of carbonyl (C=O) groups excluding carboxylic acids is 3. The fourth-order valence-electron chi connectivity index (χ4n) is 4.40. The highest BCUT2D eigenvalue weighted by Crippen LogP contribution is 2.25. The van der Waals surface area contributed by atoms with Gasteiger partial charge in [-0.3, -0.25) is 9.59 Å². The minimum Gasteiger partial charge on any atom is -0.458 e. The number of nitrogens with one attached hydrogen (secondary N) is 2. The summed E-state index contributed by atoms with van der Waals surface area (Å²) in [6.07, 6.45) is 0.502. The van der Waals surface area contributed by atoms with Crippen molar-refractivity contribution < 1.29 is 33.3 Å². The summed E-state index contributed by atoms with van der Waals surface area (Å²) >= 11 is 0. The van der Waals surface area contributed by atoms with Crippen LogP contribution in [0.25, 0.3) is 0 Å². The standard InChI is InChI=1S/C29H37N3O7/c1-29(2,3)39-28(35)24-16-19-8-5-10-21(14-19)38-20-9-4-7-18(13-20)15-22(30)26(33)31-23(27(34)32-24)17-25-36-11-6-12-37-25/h4-5,7-10,13-14,22-25H,6,11-12,15-17,30H2,1-3H3,(H,31,33)(H,32,34)/t22-,23-,24?/m0/s1. The van der Waals surface area contributed by atoms with E-state index in [4.69, 9.17) is 24.7 Å². The van der Waals surface area contributed by atoms with Gasteiger partial charge in [0.2, 0.25) is 11.8 Å². The van der Waals surface area contributed by atoms with Gasteiger partial charge in [-0.25, -0.2) is 4.79 Å². The van der Waals surface area contributed by atoms with Gasteiger partial charge in [0, 0.05) is 12.8 Å². The molecular weight excluding hydrogens is 502 g/mol. The van der Waals surface area contributed by atoms with E-state index in [0.29, 0.717) is 24.7 Å². The molecule has 4 rings (SSSR count). The van der Waals surface area contributed by atoms with Gasteiger partial charge in [-0.05, 0) is 69.0 Å². The number of nitrogens with two attached hydrogens (primary N) is 1.